The van der Waals surface area contributed by atoms with Crippen LogP contribution in [0, 0.1) is 12.8 Å². The van der Waals surface area contributed by atoms with E-state index in [2.05, 4.69) is 44.3 Å². The first-order valence-corrected chi connectivity index (χ1v) is 7.16. The van der Waals surface area contributed by atoms with Gasteiger partial charge in [-0.1, -0.05) is 31.5 Å². The molecule has 100 valence electrons. The molecule has 1 heterocycles. The Bertz CT molecular complexity index is 389. The minimum Gasteiger partial charge on any atom is -0.490 e. The standard InChI is InChI=1S/C16H25NO/c1-4-7-17-11-13(3)9-15-10-14-8-12(2)5-6-16(14)18-15/h5-6,8,13,15,17H,4,7,9-11H2,1-3H3. The number of rotatable bonds is 6. The predicted molar refractivity (Wildman–Crippen MR) is 76.2 cm³/mol. The summed E-state index contributed by atoms with van der Waals surface area (Å²) in [7, 11) is 0. The molecule has 1 aliphatic heterocycles. The molecule has 0 saturated heterocycles. The van der Waals surface area contributed by atoms with E-state index in [1.165, 1.54) is 17.5 Å². The number of benzene rings is 1. The van der Waals surface area contributed by atoms with Gasteiger partial charge in [-0.3, -0.25) is 0 Å². The highest BCUT2D eigenvalue weighted by atomic mass is 16.5. The van der Waals surface area contributed by atoms with Crippen molar-refractivity contribution in [2.24, 2.45) is 5.92 Å². The molecule has 2 atom stereocenters. The largest absolute Gasteiger partial charge is 0.490 e. The number of nitrogens with one attached hydrogen (secondary N) is 1. The van der Waals surface area contributed by atoms with Gasteiger partial charge in [0, 0.05) is 6.42 Å². The molecule has 1 aliphatic rings. The quantitative estimate of drug-likeness (QED) is 0.779. The molecule has 0 radical (unpaired) electrons. The molecule has 2 nitrogen and oxygen atoms in total. The molecular formula is C16H25NO. The molecule has 1 aromatic carbocycles. The Labute approximate surface area is 111 Å². The first-order chi connectivity index (χ1) is 8.69. The molecule has 0 aromatic heterocycles. The summed E-state index contributed by atoms with van der Waals surface area (Å²) >= 11 is 0. The van der Waals surface area contributed by atoms with Gasteiger partial charge in [-0.05, 0) is 50.4 Å². The summed E-state index contributed by atoms with van der Waals surface area (Å²) in [6.07, 6.45) is 3.80. The van der Waals surface area contributed by atoms with Crippen LogP contribution in [0.25, 0.3) is 0 Å². The van der Waals surface area contributed by atoms with Crippen molar-refractivity contribution in [3.63, 3.8) is 0 Å². The van der Waals surface area contributed by atoms with E-state index in [0.717, 1.165) is 31.7 Å². The lowest BCUT2D eigenvalue weighted by Crippen LogP contribution is -2.26. The molecule has 0 spiro atoms. The highest BCUT2D eigenvalue weighted by Crippen LogP contribution is 2.31. The van der Waals surface area contributed by atoms with Crippen LogP contribution in [0.15, 0.2) is 18.2 Å². The summed E-state index contributed by atoms with van der Waals surface area (Å²) in [6, 6.07) is 6.51. The van der Waals surface area contributed by atoms with E-state index in [1.807, 2.05) is 0 Å². The molecule has 1 aromatic rings. The number of ether oxygens (including phenoxy) is 1. The Morgan fingerprint density at radius 1 is 1.44 bits per heavy atom. The molecule has 0 bridgehead atoms. The highest BCUT2D eigenvalue weighted by Gasteiger charge is 2.24. The normalized spacial score (nSPS) is 19.4. The van der Waals surface area contributed by atoms with Crippen molar-refractivity contribution in [1.29, 1.82) is 0 Å². The van der Waals surface area contributed by atoms with Gasteiger partial charge in [0.25, 0.3) is 0 Å². The maximum Gasteiger partial charge on any atom is 0.123 e. The molecule has 0 fully saturated rings. The first kappa shape index (κ1) is 13.4. The van der Waals surface area contributed by atoms with Gasteiger partial charge in [-0.15, -0.1) is 0 Å². The zero-order valence-electron chi connectivity index (χ0n) is 11.8. The van der Waals surface area contributed by atoms with Crippen LogP contribution in [0.4, 0.5) is 0 Å². The molecule has 2 rings (SSSR count). The second kappa shape index (κ2) is 6.24. The van der Waals surface area contributed by atoms with Crippen LogP contribution in [0.1, 0.15) is 37.8 Å². The lowest BCUT2D eigenvalue weighted by Gasteiger charge is -2.17. The van der Waals surface area contributed by atoms with Gasteiger partial charge in [-0.25, -0.2) is 0 Å². The van der Waals surface area contributed by atoms with E-state index < -0.39 is 0 Å². The van der Waals surface area contributed by atoms with Crippen molar-refractivity contribution >= 4 is 0 Å². The average Bonchev–Trinajstić information content (AvgIpc) is 2.70. The third-order valence-electron chi connectivity index (χ3n) is 3.54. The summed E-state index contributed by atoms with van der Waals surface area (Å²) in [6.45, 7) is 8.88. The summed E-state index contributed by atoms with van der Waals surface area (Å²) in [5.41, 5.74) is 2.71. The van der Waals surface area contributed by atoms with Crippen molar-refractivity contribution in [2.45, 2.75) is 46.1 Å². The monoisotopic (exact) mass is 247 g/mol. The minimum absolute atomic E-state index is 0.375. The topological polar surface area (TPSA) is 21.3 Å². The van der Waals surface area contributed by atoms with Crippen molar-refractivity contribution < 1.29 is 4.74 Å². The van der Waals surface area contributed by atoms with Crippen LogP contribution >= 0.6 is 0 Å². The van der Waals surface area contributed by atoms with Crippen molar-refractivity contribution in [3.8, 4) is 5.75 Å². The van der Waals surface area contributed by atoms with Crippen LogP contribution in [-0.2, 0) is 6.42 Å². The summed E-state index contributed by atoms with van der Waals surface area (Å²) in [5.74, 6) is 1.77. The average molecular weight is 247 g/mol. The fraction of sp³-hybridized carbons (Fsp3) is 0.625. The van der Waals surface area contributed by atoms with E-state index in [9.17, 15) is 0 Å². The molecular weight excluding hydrogens is 222 g/mol. The van der Waals surface area contributed by atoms with Crippen molar-refractivity contribution in [2.75, 3.05) is 13.1 Å². The molecule has 0 amide bonds. The van der Waals surface area contributed by atoms with Gasteiger partial charge < -0.3 is 10.1 Å². The second-order valence-electron chi connectivity index (χ2n) is 5.60. The molecule has 0 saturated carbocycles. The third kappa shape index (κ3) is 3.49. The molecule has 2 heteroatoms. The minimum atomic E-state index is 0.375. The Balaban J connectivity index is 1.80. The van der Waals surface area contributed by atoms with Crippen LogP contribution in [0.3, 0.4) is 0 Å². The fourth-order valence-corrected chi connectivity index (χ4v) is 2.64. The predicted octanol–water partition coefficient (Wildman–Crippen LogP) is 3.32. The number of aryl methyl sites for hydroxylation is 1. The Kier molecular flexibility index (Phi) is 4.65. The second-order valence-corrected chi connectivity index (χ2v) is 5.60. The van der Waals surface area contributed by atoms with Gasteiger partial charge in [0.2, 0.25) is 0 Å². The fourth-order valence-electron chi connectivity index (χ4n) is 2.64. The van der Waals surface area contributed by atoms with E-state index in [1.54, 1.807) is 0 Å². The third-order valence-corrected chi connectivity index (χ3v) is 3.54. The highest BCUT2D eigenvalue weighted by molar-refractivity contribution is 5.40. The maximum absolute atomic E-state index is 6.01. The Morgan fingerprint density at radius 3 is 3.06 bits per heavy atom. The number of hydrogen-bond donors (Lipinski definition) is 1. The van der Waals surface area contributed by atoms with Crippen LogP contribution in [0.2, 0.25) is 0 Å². The van der Waals surface area contributed by atoms with Crippen LogP contribution in [-0.4, -0.2) is 19.2 Å². The zero-order chi connectivity index (χ0) is 13.0. The zero-order valence-corrected chi connectivity index (χ0v) is 11.8. The molecule has 0 aliphatic carbocycles. The van der Waals surface area contributed by atoms with Crippen LogP contribution < -0.4 is 10.1 Å². The van der Waals surface area contributed by atoms with Crippen molar-refractivity contribution in [3.05, 3.63) is 29.3 Å². The lowest BCUT2D eigenvalue weighted by atomic mass is 9.99. The van der Waals surface area contributed by atoms with Gasteiger partial charge in [0.1, 0.15) is 11.9 Å². The van der Waals surface area contributed by atoms with Gasteiger partial charge in [0.15, 0.2) is 0 Å². The lowest BCUT2D eigenvalue weighted by molar-refractivity contribution is 0.196. The maximum atomic E-state index is 6.01. The van der Waals surface area contributed by atoms with E-state index in [0.29, 0.717) is 12.0 Å². The summed E-state index contributed by atoms with van der Waals surface area (Å²) in [4.78, 5) is 0. The summed E-state index contributed by atoms with van der Waals surface area (Å²) < 4.78 is 6.01. The van der Waals surface area contributed by atoms with Gasteiger partial charge in [-0.2, -0.15) is 0 Å². The van der Waals surface area contributed by atoms with Gasteiger partial charge >= 0.3 is 0 Å². The Hall–Kier alpha value is -1.02. The molecule has 1 N–H and O–H groups in total. The number of fused-ring (bicyclic) bond motifs is 1. The van der Waals surface area contributed by atoms with Crippen LogP contribution in [0.5, 0.6) is 5.75 Å². The SMILES string of the molecule is CCCNCC(C)CC1Cc2cc(C)ccc2O1. The van der Waals surface area contributed by atoms with E-state index >= 15 is 0 Å². The Morgan fingerprint density at radius 2 is 2.28 bits per heavy atom. The molecule has 18 heavy (non-hydrogen) atoms. The van der Waals surface area contributed by atoms with E-state index in [4.69, 9.17) is 4.74 Å². The molecule has 2 unspecified atom stereocenters. The van der Waals surface area contributed by atoms with E-state index in [-0.39, 0.29) is 0 Å². The van der Waals surface area contributed by atoms with Gasteiger partial charge in [0.05, 0.1) is 0 Å². The first-order valence-electron chi connectivity index (χ1n) is 7.16. The number of hydrogen-bond acceptors (Lipinski definition) is 2. The summed E-state index contributed by atoms with van der Waals surface area (Å²) in [5, 5.41) is 3.48. The van der Waals surface area contributed by atoms with Crippen molar-refractivity contribution in [1.82, 2.24) is 5.32 Å². The smallest absolute Gasteiger partial charge is 0.123 e.